The highest BCUT2D eigenvalue weighted by molar-refractivity contribution is 5.83. The number of phenols is 2. The van der Waals surface area contributed by atoms with E-state index in [0.717, 1.165) is 37.3 Å². The fourth-order valence-electron chi connectivity index (χ4n) is 2.23. The van der Waals surface area contributed by atoms with E-state index in [9.17, 15) is 10.2 Å². The van der Waals surface area contributed by atoms with Crippen molar-refractivity contribution >= 4 is 12.4 Å². The number of para-hydroxylation sites is 2. The largest absolute Gasteiger partial charge is 0.507 e. The Labute approximate surface area is 154 Å². The van der Waals surface area contributed by atoms with Crippen molar-refractivity contribution < 1.29 is 10.2 Å². The first-order valence-corrected chi connectivity index (χ1v) is 8.74. The molecule has 0 aliphatic heterocycles. The molecule has 0 saturated heterocycles. The van der Waals surface area contributed by atoms with Crippen molar-refractivity contribution in [3.63, 3.8) is 0 Å². The third-order valence-corrected chi connectivity index (χ3v) is 3.65. The molecule has 0 atom stereocenters. The van der Waals surface area contributed by atoms with Crippen LogP contribution in [0.2, 0.25) is 0 Å². The third kappa shape index (κ3) is 7.46. The smallest absolute Gasteiger partial charge is 0.124 e. The van der Waals surface area contributed by atoms with Gasteiger partial charge in [-0.15, -0.1) is 0 Å². The summed E-state index contributed by atoms with van der Waals surface area (Å²) in [5.74, 6) is 0.497. The van der Waals surface area contributed by atoms with Crippen LogP contribution in [0.15, 0.2) is 58.5 Å². The van der Waals surface area contributed by atoms with Crippen molar-refractivity contribution in [2.45, 2.75) is 0 Å². The lowest BCUT2D eigenvalue weighted by atomic mass is 10.2. The Hall–Kier alpha value is -2.70. The van der Waals surface area contributed by atoms with Gasteiger partial charge >= 0.3 is 0 Å². The van der Waals surface area contributed by atoms with Gasteiger partial charge in [-0.2, -0.15) is 0 Å². The fraction of sp³-hybridized carbons (Fsp3) is 0.300. The van der Waals surface area contributed by atoms with Gasteiger partial charge in [-0.05, 0) is 24.3 Å². The number of hydrogen-bond donors (Lipinski definition) is 4. The van der Waals surface area contributed by atoms with Gasteiger partial charge in [0.25, 0.3) is 0 Å². The van der Waals surface area contributed by atoms with Crippen LogP contribution in [-0.4, -0.2) is 61.9 Å². The minimum Gasteiger partial charge on any atom is -0.507 e. The Bertz CT molecular complexity index is 655. The quantitative estimate of drug-likeness (QED) is 0.366. The van der Waals surface area contributed by atoms with Gasteiger partial charge in [-0.1, -0.05) is 24.3 Å². The second kappa shape index (κ2) is 11.8. The lowest BCUT2D eigenvalue weighted by Gasteiger charge is -2.04. The zero-order valence-electron chi connectivity index (χ0n) is 14.8. The number of nitrogens with one attached hydrogen (secondary N) is 2. The Morgan fingerprint density at radius 2 is 1.08 bits per heavy atom. The van der Waals surface area contributed by atoms with E-state index in [0.29, 0.717) is 13.1 Å². The first-order chi connectivity index (χ1) is 12.8. The van der Waals surface area contributed by atoms with Crippen molar-refractivity contribution in [3.8, 4) is 11.5 Å². The summed E-state index contributed by atoms with van der Waals surface area (Å²) in [6.45, 7) is 4.62. The molecule has 0 radical (unpaired) electrons. The Balaban J connectivity index is 1.46. The summed E-state index contributed by atoms with van der Waals surface area (Å²) >= 11 is 0. The number of rotatable bonds is 11. The van der Waals surface area contributed by atoms with E-state index in [2.05, 4.69) is 20.6 Å². The SMILES string of the molecule is Oc1ccccc1/C=N\CCNCCNCC/N=C\c1ccccc1O. The van der Waals surface area contributed by atoms with Gasteiger partial charge in [-0.25, -0.2) is 0 Å². The highest BCUT2D eigenvalue weighted by atomic mass is 16.3. The standard InChI is InChI=1S/C20H26N4O2/c25-19-7-3-1-5-17(19)15-23-13-11-21-9-10-22-12-14-24-16-18-6-2-4-8-20(18)26/h1-8,15-16,21-22,25-26H,9-14H2/b23-15-,24-16-. The zero-order chi connectivity index (χ0) is 18.5. The maximum Gasteiger partial charge on any atom is 0.124 e. The molecule has 0 fully saturated rings. The molecule has 138 valence electrons. The van der Waals surface area contributed by atoms with Crippen LogP contribution in [0.5, 0.6) is 11.5 Å². The number of benzene rings is 2. The molecule has 0 heterocycles. The summed E-state index contributed by atoms with van der Waals surface area (Å²) in [6.07, 6.45) is 3.38. The first kappa shape index (κ1) is 19.6. The number of aliphatic imine (C=N–C) groups is 2. The van der Waals surface area contributed by atoms with E-state index in [4.69, 9.17) is 0 Å². The molecule has 2 aromatic carbocycles. The van der Waals surface area contributed by atoms with Crippen LogP contribution in [0, 0.1) is 0 Å². The van der Waals surface area contributed by atoms with Crippen LogP contribution in [0.3, 0.4) is 0 Å². The van der Waals surface area contributed by atoms with Gasteiger partial charge in [0.2, 0.25) is 0 Å². The van der Waals surface area contributed by atoms with E-state index < -0.39 is 0 Å². The molecule has 0 aliphatic rings. The number of hydrogen-bond acceptors (Lipinski definition) is 6. The molecule has 0 spiro atoms. The maximum absolute atomic E-state index is 9.61. The van der Waals surface area contributed by atoms with Crippen LogP contribution < -0.4 is 10.6 Å². The van der Waals surface area contributed by atoms with Gasteiger partial charge in [0, 0.05) is 49.7 Å². The molecule has 0 unspecified atom stereocenters. The summed E-state index contributed by atoms with van der Waals surface area (Å²) in [6, 6.07) is 14.3. The van der Waals surface area contributed by atoms with E-state index in [1.54, 1.807) is 36.7 Å². The molecule has 2 rings (SSSR count). The van der Waals surface area contributed by atoms with Gasteiger partial charge in [0.15, 0.2) is 0 Å². The van der Waals surface area contributed by atoms with Crippen molar-refractivity contribution in [1.82, 2.24) is 10.6 Å². The van der Waals surface area contributed by atoms with Crippen LogP contribution >= 0.6 is 0 Å². The monoisotopic (exact) mass is 354 g/mol. The second-order valence-corrected chi connectivity index (χ2v) is 5.69. The van der Waals surface area contributed by atoms with Crippen molar-refractivity contribution in [2.24, 2.45) is 9.98 Å². The summed E-state index contributed by atoms with van der Waals surface area (Å²) in [5.41, 5.74) is 1.47. The van der Waals surface area contributed by atoms with Crippen LogP contribution in [-0.2, 0) is 0 Å². The Kier molecular flexibility index (Phi) is 8.89. The molecule has 0 bridgehead atoms. The second-order valence-electron chi connectivity index (χ2n) is 5.69. The minimum atomic E-state index is 0.249. The molecule has 0 saturated carbocycles. The summed E-state index contributed by atoms with van der Waals surface area (Å²) < 4.78 is 0. The molecule has 4 N–H and O–H groups in total. The summed E-state index contributed by atoms with van der Waals surface area (Å²) in [4.78, 5) is 8.58. The zero-order valence-corrected chi connectivity index (χ0v) is 14.8. The maximum atomic E-state index is 9.61. The average Bonchev–Trinajstić information content (AvgIpc) is 2.65. The number of phenolic OH excluding ortho intramolecular Hbond substituents is 2. The van der Waals surface area contributed by atoms with Crippen molar-refractivity contribution in [2.75, 3.05) is 39.3 Å². The summed E-state index contributed by atoms with van der Waals surface area (Å²) in [7, 11) is 0. The van der Waals surface area contributed by atoms with Gasteiger partial charge < -0.3 is 20.8 Å². The van der Waals surface area contributed by atoms with Gasteiger partial charge in [0.1, 0.15) is 11.5 Å². The predicted molar refractivity (Wildman–Crippen MR) is 107 cm³/mol. The molecular weight excluding hydrogens is 328 g/mol. The molecule has 26 heavy (non-hydrogen) atoms. The van der Waals surface area contributed by atoms with E-state index in [1.165, 1.54) is 0 Å². The first-order valence-electron chi connectivity index (χ1n) is 8.74. The van der Waals surface area contributed by atoms with E-state index in [1.807, 2.05) is 24.3 Å². The highest BCUT2D eigenvalue weighted by Gasteiger charge is 1.95. The number of nitrogens with zero attached hydrogens (tertiary/aromatic N) is 2. The van der Waals surface area contributed by atoms with Crippen molar-refractivity contribution in [3.05, 3.63) is 59.7 Å². The van der Waals surface area contributed by atoms with Crippen LogP contribution in [0.1, 0.15) is 11.1 Å². The lowest BCUT2D eigenvalue weighted by molar-refractivity contribution is 0.474. The number of aromatic hydroxyl groups is 2. The molecule has 0 amide bonds. The molecule has 0 aliphatic carbocycles. The van der Waals surface area contributed by atoms with Gasteiger partial charge in [-0.3, -0.25) is 9.98 Å². The minimum absolute atomic E-state index is 0.249. The fourth-order valence-corrected chi connectivity index (χ4v) is 2.23. The van der Waals surface area contributed by atoms with E-state index >= 15 is 0 Å². The van der Waals surface area contributed by atoms with E-state index in [-0.39, 0.29) is 11.5 Å². The average molecular weight is 354 g/mol. The Morgan fingerprint density at radius 1 is 0.654 bits per heavy atom. The lowest BCUT2D eigenvalue weighted by Crippen LogP contribution is -2.30. The van der Waals surface area contributed by atoms with Crippen LogP contribution in [0.4, 0.5) is 0 Å². The predicted octanol–water partition coefficient (Wildman–Crippen LogP) is 1.81. The third-order valence-electron chi connectivity index (χ3n) is 3.65. The Morgan fingerprint density at radius 3 is 1.50 bits per heavy atom. The summed E-state index contributed by atoms with van der Waals surface area (Å²) in [5, 5.41) is 25.8. The molecule has 6 heteroatoms. The molecular formula is C20H26N4O2. The molecule has 6 nitrogen and oxygen atoms in total. The van der Waals surface area contributed by atoms with Crippen LogP contribution in [0.25, 0.3) is 0 Å². The molecule has 0 aromatic heterocycles. The molecule has 2 aromatic rings. The topological polar surface area (TPSA) is 89.2 Å². The van der Waals surface area contributed by atoms with Crippen molar-refractivity contribution in [1.29, 1.82) is 0 Å². The normalized spacial score (nSPS) is 11.5. The van der Waals surface area contributed by atoms with Gasteiger partial charge in [0.05, 0.1) is 13.1 Å². The highest BCUT2D eigenvalue weighted by Crippen LogP contribution is 2.13.